The second kappa shape index (κ2) is 5.61. The molecular weight excluding hydrogens is 321 g/mol. The van der Waals surface area contributed by atoms with Gasteiger partial charge in [0, 0.05) is 13.0 Å². The van der Waals surface area contributed by atoms with E-state index in [1.54, 1.807) is 0 Å². The topological polar surface area (TPSA) is 51.0 Å². The first kappa shape index (κ1) is 15.2. The minimum atomic E-state index is -2.59. The molecule has 0 spiro atoms. The number of halogens is 3. The number of rotatable bonds is 3. The quantitative estimate of drug-likeness (QED) is 0.866. The predicted octanol–water partition coefficient (Wildman–Crippen LogP) is 2.76. The van der Waals surface area contributed by atoms with Crippen LogP contribution in [-0.2, 0) is 0 Å². The Hall–Kier alpha value is -2.38. The van der Waals surface area contributed by atoms with Crippen LogP contribution >= 0.6 is 0 Å². The smallest absolute Gasteiger partial charge is 0.293 e. The maximum Gasteiger partial charge on any atom is 0.293 e. The van der Waals surface area contributed by atoms with E-state index in [9.17, 15) is 18.0 Å². The summed E-state index contributed by atoms with van der Waals surface area (Å²) in [5.41, 5.74) is 0.872. The summed E-state index contributed by atoms with van der Waals surface area (Å²) in [6.45, 7) is 0.249. The summed E-state index contributed by atoms with van der Waals surface area (Å²) in [6.07, 6.45) is -3.46. The average molecular weight is 336 g/mol. The second-order valence-corrected chi connectivity index (χ2v) is 6.06. The third-order valence-electron chi connectivity index (χ3n) is 4.66. The Kier molecular flexibility index (Phi) is 3.54. The zero-order chi connectivity index (χ0) is 16.8. The van der Waals surface area contributed by atoms with Crippen molar-refractivity contribution in [1.29, 1.82) is 0 Å². The predicted molar refractivity (Wildman–Crippen MR) is 78.5 cm³/mol. The van der Waals surface area contributed by atoms with Gasteiger partial charge in [-0.15, -0.1) is 5.10 Å². The maximum atomic E-state index is 14.3. The summed E-state index contributed by atoms with van der Waals surface area (Å²) < 4.78 is 41.3. The number of alkyl halides is 3. The van der Waals surface area contributed by atoms with E-state index in [1.165, 1.54) is 4.68 Å². The molecule has 1 saturated heterocycles. The number of carbonyl (C=O) groups excluding carboxylic acids is 1. The van der Waals surface area contributed by atoms with E-state index in [4.69, 9.17) is 0 Å². The van der Waals surface area contributed by atoms with Crippen LogP contribution in [0, 0.1) is 0 Å². The lowest BCUT2D eigenvalue weighted by molar-refractivity contribution is -0.0225. The van der Waals surface area contributed by atoms with Gasteiger partial charge in [-0.3, -0.25) is 4.79 Å². The molecule has 126 valence electrons. The standard InChI is InChI=1S/C16H15F3N4O/c17-10-8-12(9-4-2-1-3-5-9)23-15(10)20-14(21-23)16(24)22-7-6-11(22)13(18)19/h1-5,10-13H,6-8H2. The van der Waals surface area contributed by atoms with E-state index in [0.29, 0.717) is 0 Å². The highest BCUT2D eigenvalue weighted by Crippen LogP contribution is 2.39. The molecule has 2 aromatic rings. The molecule has 3 heterocycles. The zero-order valence-electron chi connectivity index (χ0n) is 12.6. The van der Waals surface area contributed by atoms with Gasteiger partial charge in [-0.25, -0.2) is 22.8 Å². The van der Waals surface area contributed by atoms with E-state index in [1.807, 2.05) is 30.3 Å². The first-order valence-electron chi connectivity index (χ1n) is 7.81. The Bertz CT molecular complexity index is 764. The molecule has 4 rings (SSSR count). The summed E-state index contributed by atoms with van der Waals surface area (Å²) in [5, 5.41) is 4.13. The minimum Gasteiger partial charge on any atom is -0.327 e. The number of fused-ring (bicyclic) bond motifs is 1. The number of aromatic nitrogens is 3. The van der Waals surface area contributed by atoms with Crippen LogP contribution in [0.3, 0.4) is 0 Å². The van der Waals surface area contributed by atoms with Crippen molar-refractivity contribution in [2.75, 3.05) is 6.54 Å². The van der Waals surface area contributed by atoms with Crippen molar-refractivity contribution in [3.05, 3.63) is 47.5 Å². The molecule has 3 unspecified atom stereocenters. The molecule has 0 N–H and O–H groups in total. The van der Waals surface area contributed by atoms with E-state index in [-0.39, 0.29) is 37.1 Å². The molecule has 1 amide bonds. The molecule has 1 aromatic heterocycles. The molecule has 2 aliphatic rings. The van der Waals surface area contributed by atoms with Gasteiger partial charge in [0.1, 0.15) is 0 Å². The fourth-order valence-electron chi connectivity index (χ4n) is 3.27. The fraction of sp³-hybridized carbons (Fsp3) is 0.438. The monoisotopic (exact) mass is 336 g/mol. The normalized spacial score (nSPS) is 25.7. The third kappa shape index (κ3) is 2.28. The Labute approximate surface area is 136 Å². The van der Waals surface area contributed by atoms with E-state index < -0.39 is 24.5 Å². The SMILES string of the molecule is O=C(c1nc2n(n1)C(c1ccccc1)CC2F)N1CCC1C(F)F. The van der Waals surface area contributed by atoms with Gasteiger partial charge >= 0.3 is 0 Å². The molecule has 2 aliphatic heterocycles. The minimum absolute atomic E-state index is 0.0846. The van der Waals surface area contributed by atoms with E-state index in [2.05, 4.69) is 10.1 Å². The highest BCUT2D eigenvalue weighted by atomic mass is 19.3. The van der Waals surface area contributed by atoms with Crippen LogP contribution in [0.25, 0.3) is 0 Å². The first-order valence-corrected chi connectivity index (χ1v) is 7.81. The molecule has 0 aliphatic carbocycles. The molecular formula is C16H15F3N4O. The van der Waals surface area contributed by atoms with Gasteiger partial charge in [-0.2, -0.15) is 0 Å². The van der Waals surface area contributed by atoms with Crippen molar-refractivity contribution in [3.8, 4) is 0 Å². The van der Waals surface area contributed by atoms with Gasteiger partial charge in [0.2, 0.25) is 5.82 Å². The van der Waals surface area contributed by atoms with Crippen LogP contribution in [0.4, 0.5) is 13.2 Å². The summed E-state index contributed by atoms with van der Waals surface area (Å²) in [6, 6.07) is 7.83. The first-order chi connectivity index (χ1) is 11.6. The van der Waals surface area contributed by atoms with E-state index in [0.717, 1.165) is 10.5 Å². The van der Waals surface area contributed by atoms with Crippen molar-refractivity contribution in [1.82, 2.24) is 19.7 Å². The fourth-order valence-corrected chi connectivity index (χ4v) is 3.27. The summed E-state index contributed by atoms with van der Waals surface area (Å²) >= 11 is 0. The highest BCUT2D eigenvalue weighted by Gasteiger charge is 2.42. The number of benzene rings is 1. The molecule has 3 atom stereocenters. The van der Waals surface area contributed by atoms with Crippen molar-refractivity contribution < 1.29 is 18.0 Å². The summed E-state index contributed by atoms with van der Waals surface area (Å²) in [4.78, 5) is 17.4. The van der Waals surface area contributed by atoms with Crippen LogP contribution in [0.5, 0.6) is 0 Å². The van der Waals surface area contributed by atoms with Gasteiger partial charge in [-0.05, 0) is 12.0 Å². The van der Waals surface area contributed by atoms with Gasteiger partial charge < -0.3 is 4.90 Å². The van der Waals surface area contributed by atoms with Gasteiger partial charge in [0.15, 0.2) is 12.0 Å². The Balaban J connectivity index is 1.63. The molecule has 1 fully saturated rings. The van der Waals surface area contributed by atoms with Crippen LogP contribution in [0.1, 0.15) is 47.1 Å². The maximum absolute atomic E-state index is 14.3. The number of carbonyl (C=O) groups is 1. The molecule has 1 aromatic carbocycles. The lowest BCUT2D eigenvalue weighted by atomic mass is 10.0. The lowest BCUT2D eigenvalue weighted by Crippen LogP contribution is -2.54. The van der Waals surface area contributed by atoms with Gasteiger partial charge in [-0.1, -0.05) is 30.3 Å². The van der Waals surface area contributed by atoms with Crippen molar-refractivity contribution in [3.63, 3.8) is 0 Å². The largest absolute Gasteiger partial charge is 0.327 e. The molecule has 8 heteroatoms. The molecule has 0 saturated carbocycles. The summed E-state index contributed by atoms with van der Waals surface area (Å²) in [5.74, 6) is -0.785. The molecule has 0 bridgehead atoms. The average Bonchev–Trinajstić information content (AvgIpc) is 3.07. The number of nitrogens with zero attached hydrogens (tertiary/aromatic N) is 4. The Morgan fingerprint density at radius 2 is 2.00 bits per heavy atom. The third-order valence-corrected chi connectivity index (χ3v) is 4.66. The zero-order valence-corrected chi connectivity index (χ0v) is 12.6. The van der Waals surface area contributed by atoms with Crippen LogP contribution < -0.4 is 0 Å². The van der Waals surface area contributed by atoms with Crippen LogP contribution in [0.15, 0.2) is 30.3 Å². The highest BCUT2D eigenvalue weighted by molar-refractivity contribution is 5.91. The van der Waals surface area contributed by atoms with Crippen molar-refractivity contribution in [2.45, 2.75) is 37.5 Å². The summed E-state index contributed by atoms with van der Waals surface area (Å²) in [7, 11) is 0. The molecule has 24 heavy (non-hydrogen) atoms. The second-order valence-electron chi connectivity index (χ2n) is 6.06. The number of amides is 1. The van der Waals surface area contributed by atoms with E-state index >= 15 is 0 Å². The van der Waals surface area contributed by atoms with Gasteiger partial charge in [0.25, 0.3) is 12.3 Å². The number of hydrogen-bond acceptors (Lipinski definition) is 3. The number of hydrogen-bond donors (Lipinski definition) is 0. The van der Waals surface area contributed by atoms with Gasteiger partial charge in [0.05, 0.1) is 12.1 Å². The lowest BCUT2D eigenvalue weighted by Gasteiger charge is -2.39. The van der Waals surface area contributed by atoms with Crippen LogP contribution in [0.2, 0.25) is 0 Å². The van der Waals surface area contributed by atoms with Crippen molar-refractivity contribution >= 4 is 5.91 Å². The Morgan fingerprint density at radius 3 is 2.62 bits per heavy atom. The molecule has 5 nitrogen and oxygen atoms in total. The number of likely N-dealkylation sites (tertiary alicyclic amines) is 1. The molecule has 0 radical (unpaired) electrons. The van der Waals surface area contributed by atoms with Crippen molar-refractivity contribution in [2.24, 2.45) is 0 Å². The van der Waals surface area contributed by atoms with Crippen LogP contribution in [-0.4, -0.2) is 44.6 Å². The Morgan fingerprint density at radius 1 is 1.25 bits per heavy atom.